The molecule has 0 aliphatic heterocycles. The minimum Gasteiger partial charge on any atom is -0.210 e. The minimum atomic E-state index is -1.11. The molecular formula is C9H16NSi+. The van der Waals surface area contributed by atoms with Crippen molar-refractivity contribution in [3.63, 3.8) is 0 Å². The van der Waals surface area contributed by atoms with Crippen LogP contribution in [0.15, 0.2) is 24.4 Å². The van der Waals surface area contributed by atoms with Crippen LogP contribution in [-0.4, -0.2) is 8.07 Å². The smallest absolute Gasteiger partial charge is 0.168 e. The van der Waals surface area contributed by atoms with Crippen molar-refractivity contribution in [2.24, 2.45) is 7.05 Å². The summed E-state index contributed by atoms with van der Waals surface area (Å²) in [4.78, 5) is 0. The Balaban J connectivity index is 3.14. The summed E-state index contributed by atoms with van der Waals surface area (Å²) >= 11 is 0. The first-order valence-electron chi connectivity index (χ1n) is 3.97. The lowest BCUT2D eigenvalue weighted by atomic mass is 10.5. The van der Waals surface area contributed by atoms with Crippen molar-refractivity contribution in [3.05, 3.63) is 24.4 Å². The van der Waals surface area contributed by atoms with Crippen LogP contribution in [0, 0.1) is 0 Å². The van der Waals surface area contributed by atoms with Crippen molar-refractivity contribution >= 4 is 13.4 Å². The van der Waals surface area contributed by atoms with Crippen LogP contribution >= 0.6 is 0 Å². The van der Waals surface area contributed by atoms with E-state index in [0.717, 1.165) is 0 Å². The molecule has 1 aromatic heterocycles. The Hall–Kier alpha value is -0.633. The van der Waals surface area contributed by atoms with E-state index in [1.165, 1.54) is 5.32 Å². The molecule has 0 bridgehead atoms. The lowest BCUT2D eigenvalue weighted by molar-refractivity contribution is -0.654. The van der Waals surface area contributed by atoms with Crippen LogP contribution < -0.4 is 9.88 Å². The maximum absolute atomic E-state index is 2.36. The Kier molecular flexibility index (Phi) is 2.14. The van der Waals surface area contributed by atoms with Gasteiger partial charge in [-0.25, -0.2) is 4.57 Å². The van der Waals surface area contributed by atoms with E-state index in [1.807, 2.05) is 0 Å². The summed E-state index contributed by atoms with van der Waals surface area (Å²) in [6.07, 6.45) is 2.12. The Morgan fingerprint density at radius 1 is 1.18 bits per heavy atom. The van der Waals surface area contributed by atoms with E-state index in [-0.39, 0.29) is 0 Å². The Morgan fingerprint density at radius 2 is 1.82 bits per heavy atom. The first-order chi connectivity index (χ1) is 5.02. The lowest BCUT2D eigenvalue weighted by Gasteiger charge is -2.11. The van der Waals surface area contributed by atoms with Crippen LogP contribution in [0.5, 0.6) is 0 Å². The molecule has 1 aromatic rings. The van der Waals surface area contributed by atoms with Crippen molar-refractivity contribution in [1.82, 2.24) is 0 Å². The molecule has 0 aromatic carbocycles. The monoisotopic (exact) mass is 166 g/mol. The molecule has 0 fully saturated rings. The summed E-state index contributed by atoms with van der Waals surface area (Å²) in [7, 11) is 1.00. The molecule has 0 atom stereocenters. The first kappa shape index (κ1) is 8.46. The minimum absolute atomic E-state index is 1.11. The molecule has 0 saturated heterocycles. The number of hydrogen-bond acceptors (Lipinski definition) is 0. The normalized spacial score (nSPS) is 11.6. The highest BCUT2D eigenvalue weighted by atomic mass is 28.3. The number of aryl methyl sites for hydroxylation is 1. The third-order valence-electron chi connectivity index (χ3n) is 1.82. The maximum Gasteiger partial charge on any atom is 0.168 e. The molecule has 0 spiro atoms. The van der Waals surface area contributed by atoms with Crippen LogP contribution in [0.4, 0.5) is 0 Å². The van der Waals surface area contributed by atoms with E-state index in [4.69, 9.17) is 0 Å². The van der Waals surface area contributed by atoms with Gasteiger partial charge in [0.15, 0.2) is 19.6 Å². The van der Waals surface area contributed by atoms with Gasteiger partial charge in [0.1, 0.15) is 7.05 Å². The van der Waals surface area contributed by atoms with E-state index in [1.54, 1.807) is 0 Å². The van der Waals surface area contributed by atoms with Crippen molar-refractivity contribution in [1.29, 1.82) is 0 Å². The highest BCUT2D eigenvalue weighted by Crippen LogP contribution is 1.97. The van der Waals surface area contributed by atoms with Crippen LogP contribution in [0.1, 0.15) is 0 Å². The molecule has 0 aliphatic rings. The highest BCUT2D eigenvalue weighted by Gasteiger charge is 2.24. The molecule has 2 heteroatoms. The molecular weight excluding hydrogens is 150 g/mol. The van der Waals surface area contributed by atoms with E-state index < -0.39 is 8.07 Å². The fourth-order valence-electron chi connectivity index (χ4n) is 1.30. The van der Waals surface area contributed by atoms with Gasteiger partial charge in [0.25, 0.3) is 0 Å². The molecule has 0 aliphatic carbocycles. The summed E-state index contributed by atoms with van der Waals surface area (Å²) in [6, 6.07) is 6.42. The Morgan fingerprint density at radius 3 is 2.18 bits per heavy atom. The largest absolute Gasteiger partial charge is 0.210 e. The van der Waals surface area contributed by atoms with E-state index >= 15 is 0 Å². The van der Waals surface area contributed by atoms with E-state index in [9.17, 15) is 0 Å². The van der Waals surface area contributed by atoms with Crippen LogP contribution in [-0.2, 0) is 7.05 Å². The zero-order chi connectivity index (χ0) is 8.48. The fourth-order valence-corrected chi connectivity index (χ4v) is 3.03. The van der Waals surface area contributed by atoms with Gasteiger partial charge in [0.2, 0.25) is 0 Å². The van der Waals surface area contributed by atoms with Crippen LogP contribution in [0.2, 0.25) is 19.6 Å². The standard InChI is InChI=1S/C9H16NSi/c1-10-8-6-5-7-9(10)11(2,3)4/h5-8H,1-4H3/q+1. The third kappa shape index (κ3) is 1.90. The number of hydrogen-bond donors (Lipinski definition) is 0. The quantitative estimate of drug-likeness (QED) is 0.434. The average molecular weight is 166 g/mol. The first-order valence-corrected chi connectivity index (χ1v) is 7.47. The number of aromatic nitrogens is 1. The molecule has 0 amide bonds. The number of pyridine rings is 1. The van der Waals surface area contributed by atoms with Gasteiger partial charge in [-0.1, -0.05) is 25.7 Å². The van der Waals surface area contributed by atoms with Gasteiger partial charge in [-0.3, -0.25) is 0 Å². The van der Waals surface area contributed by atoms with Gasteiger partial charge in [0, 0.05) is 6.07 Å². The highest BCUT2D eigenvalue weighted by molar-refractivity contribution is 6.87. The molecule has 1 rings (SSSR count). The zero-order valence-electron chi connectivity index (χ0n) is 7.76. The van der Waals surface area contributed by atoms with Crippen molar-refractivity contribution < 1.29 is 4.57 Å². The molecule has 0 radical (unpaired) electrons. The molecule has 60 valence electrons. The van der Waals surface area contributed by atoms with Crippen molar-refractivity contribution in [3.8, 4) is 0 Å². The zero-order valence-corrected chi connectivity index (χ0v) is 8.76. The average Bonchev–Trinajstić information content (AvgIpc) is 1.86. The summed E-state index contributed by atoms with van der Waals surface area (Å²) in [5.74, 6) is 0. The maximum atomic E-state index is 2.36. The van der Waals surface area contributed by atoms with Crippen molar-refractivity contribution in [2.45, 2.75) is 19.6 Å². The second-order valence-corrected chi connectivity index (χ2v) is 8.96. The fraction of sp³-hybridized carbons (Fsp3) is 0.444. The van der Waals surface area contributed by atoms with Gasteiger partial charge >= 0.3 is 0 Å². The van der Waals surface area contributed by atoms with Gasteiger partial charge in [-0.2, -0.15) is 0 Å². The molecule has 1 heterocycles. The van der Waals surface area contributed by atoms with Gasteiger partial charge in [0.05, 0.1) is 0 Å². The lowest BCUT2D eigenvalue weighted by Crippen LogP contribution is -2.58. The molecule has 0 N–H and O–H groups in total. The van der Waals surface area contributed by atoms with E-state index in [0.29, 0.717) is 0 Å². The second-order valence-electron chi connectivity index (χ2n) is 3.95. The van der Waals surface area contributed by atoms with Gasteiger partial charge < -0.3 is 0 Å². The predicted molar refractivity (Wildman–Crippen MR) is 50.6 cm³/mol. The summed E-state index contributed by atoms with van der Waals surface area (Å²) < 4.78 is 2.23. The number of nitrogens with zero attached hydrogens (tertiary/aromatic N) is 1. The summed E-state index contributed by atoms with van der Waals surface area (Å²) in [5.41, 5.74) is 0. The van der Waals surface area contributed by atoms with Crippen molar-refractivity contribution in [2.75, 3.05) is 0 Å². The summed E-state index contributed by atoms with van der Waals surface area (Å²) in [5, 5.41) is 1.50. The third-order valence-corrected chi connectivity index (χ3v) is 3.88. The Bertz CT molecular complexity index is 250. The molecule has 0 saturated carbocycles. The molecule has 11 heavy (non-hydrogen) atoms. The Labute approximate surface area is 69.7 Å². The molecule has 1 nitrogen and oxygen atoms in total. The second kappa shape index (κ2) is 2.78. The van der Waals surface area contributed by atoms with Gasteiger partial charge in [-0.05, 0) is 6.07 Å². The number of rotatable bonds is 1. The van der Waals surface area contributed by atoms with E-state index in [2.05, 4.69) is 55.7 Å². The molecule has 0 unspecified atom stereocenters. The van der Waals surface area contributed by atoms with Crippen LogP contribution in [0.25, 0.3) is 0 Å². The predicted octanol–water partition coefficient (Wildman–Crippen LogP) is 1.06. The topological polar surface area (TPSA) is 3.88 Å². The van der Waals surface area contributed by atoms with Gasteiger partial charge in [-0.15, -0.1) is 0 Å². The summed E-state index contributed by atoms with van der Waals surface area (Å²) in [6.45, 7) is 7.09. The SMILES string of the molecule is C[n+]1ccccc1[Si](C)(C)C. The van der Waals surface area contributed by atoms with Crippen LogP contribution in [0.3, 0.4) is 0 Å².